The van der Waals surface area contributed by atoms with Crippen LogP contribution in [-0.4, -0.2) is 12.3 Å². The Labute approximate surface area is 146 Å². The van der Waals surface area contributed by atoms with Crippen LogP contribution in [0.2, 0.25) is 0 Å². The molecule has 8 heteroatoms. The minimum Gasteiger partial charge on any atom is -0.497 e. The SMILES string of the molecule is COc1ccc(CN(Sc2c(F)cc(F)cc2F)c2ccon2)cc1. The zero-order valence-electron chi connectivity index (χ0n) is 13.1. The Hall–Kier alpha value is -2.61. The van der Waals surface area contributed by atoms with Crippen molar-refractivity contribution >= 4 is 17.8 Å². The summed E-state index contributed by atoms with van der Waals surface area (Å²) in [5.41, 5.74) is 0.860. The van der Waals surface area contributed by atoms with Crippen molar-refractivity contribution in [1.82, 2.24) is 5.16 Å². The van der Waals surface area contributed by atoms with Gasteiger partial charge in [-0.2, -0.15) is 0 Å². The smallest absolute Gasteiger partial charge is 0.182 e. The molecule has 0 atom stereocenters. The molecule has 0 aliphatic rings. The van der Waals surface area contributed by atoms with Crippen molar-refractivity contribution in [3.05, 3.63) is 71.7 Å². The second-order valence-corrected chi connectivity index (χ2v) is 6.06. The van der Waals surface area contributed by atoms with Crippen molar-refractivity contribution < 1.29 is 22.4 Å². The van der Waals surface area contributed by atoms with Gasteiger partial charge in [0.2, 0.25) is 0 Å². The van der Waals surface area contributed by atoms with Crippen molar-refractivity contribution in [2.75, 3.05) is 11.4 Å². The second kappa shape index (κ2) is 7.52. The molecule has 0 saturated carbocycles. The summed E-state index contributed by atoms with van der Waals surface area (Å²) in [7, 11) is 1.56. The Bertz CT molecular complexity index is 819. The Kier molecular flexibility index (Phi) is 5.18. The van der Waals surface area contributed by atoms with Crippen LogP contribution in [0.4, 0.5) is 19.0 Å². The molecule has 25 heavy (non-hydrogen) atoms. The Morgan fingerprint density at radius 3 is 2.32 bits per heavy atom. The maximum atomic E-state index is 14.0. The summed E-state index contributed by atoms with van der Waals surface area (Å²) in [5.74, 6) is -1.86. The number of benzene rings is 2. The lowest BCUT2D eigenvalue weighted by molar-refractivity contribution is 0.414. The first-order valence-corrected chi connectivity index (χ1v) is 7.97. The van der Waals surface area contributed by atoms with Gasteiger partial charge in [-0.25, -0.2) is 13.2 Å². The molecule has 130 valence electrons. The quantitative estimate of drug-likeness (QED) is 0.585. The molecule has 0 saturated heterocycles. The molecule has 0 fully saturated rings. The molecule has 0 N–H and O–H groups in total. The van der Waals surface area contributed by atoms with Crippen LogP contribution in [0.25, 0.3) is 0 Å². The summed E-state index contributed by atoms with van der Waals surface area (Å²) in [5, 5.41) is 3.81. The Balaban J connectivity index is 1.88. The van der Waals surface area contributed by atoms with E-state index in [0.717, 1.165) is 17.5 Å². The standard InChI is InChI=1S/C17H13F3N2O2S/c1-23-13-4-2-11(3-5-13)10-22(16-6-7-24-21-16)25-17-14(19)8-12(18)9-15(17)20/h2-9H,10H2,1H3. The third-order valence-corrected chi connectivity index (χ3v) is 4.44. The molecular formula is C17H13F3N2O2S. The van der Waals surface area contributed by atoms with Gasteiger partial charge >= 0.3 is 0 Å². The third-order valence-electron chi connectivity index (χ3n) is 3.33. The van der Waals surface area contributed by atoms with Gasteiger partial charge in [-0.05, 0) is 29.6 Å². The van der Waals surface area contributed by atoms with E-state index in [0.29, 0.717) is 23.7 Å². The van der Waals surface area contributed by atoms with Crippen LogP contribution < -0.4 is 9.04 Å². The van der Waals surface area contributed by atoms with E-state index in [1.54, 1.807) is 29.6 Å². The van der Waals surface area contributed by atoms with Crippen molar-refractivity contribution in [2.45, 2.75) is 11.4 Å². The highest BCUT2D eigenvalue weighted by atomic mass is 32.2. The number of anilines is 1. The first-order chi connectivity index (χ1) is 12.1. The van der Waals surface area contributed by atoms with Gasteiger partial charge in [0, 0.05) is 18.2 Å². The van der Waals surface area contributed by atoms with Gasteiger partial charge in [0.15, 0.2) is 5.82 Å². The number of ether oxygens (including phenoxy) is 1. The van der Waals surface area contributed by atoms with E-state index < -0.39 is 17.5 Å². The van der Waals surface area contributed by atoms with Gasteiger partial charge in [-0.3, -0.25) is 4.31 Å². The van der Waals surface area contributed by atoms with E-state index in [9.17, 15) is 13.2 Å². The summed E-state index contributed by atoms with van der Waals surface area (Å²) in [6.45, 7) is 0.289. The normalized spacial score (nSPS) is 10.7. The number of methoxy groups -OCH3 is 1. The fourth-order valence-corrected chi connectivity index (χ4v) is 3.03. The predicted octanol–water partition coefficient (Wildman–Crippen LogP) is 4.81. The van der Waals surface area contributed by atoms with Crippen molar-refractivity contribution in [2.24, 2.45) is 0 Å². The monoisotopic (exact) mass is 366 g/mol. The maximum absolute atomic E-state index is 14.0. The molecule has 0 amide bonds. The van der Waals surface area contributed by atoms with Crippen molar-refractivity contribution in [1.29, 1.82) is 0 Å². The summed E-state index contributed by atoms with van der Waals surface area (Å²) >= 11 is 0.776. The van der Waals surface area contributed by atoms with Gasteiger partial charge < -0.3 is 9.26 Å². The molecule has 3 rings (SSSR count). The first kappa shape index (κ1) is 17.2. The number of aromatic nitrogens is 1. The molecule has 3 aromatic rings. The molecule has 2 aromatic carbocycles. The minimum atomic E-state index is -0.981. The van der Waals surface area contributed by atoms with E-state index in [1.165, 1.54) is 6.26 Å². The summed E-state index contributed by atoms with van der Waals surface area (Å²) in [6, 6.07) is 10.0. The van der Waals surface area contributed by atoms with Gasteiger partial charge in [-0.1, -0.05) is 17.3 Å². The maximum Gasteiger partial charge on any atom is 0.182 e. The van der Waals surface area contributed by atoms with Gasteiger partial charge in [0.25, 0.3) is 0 Å². The van der Waals surface area contributed by atoms with E-state index >= 15 is 0 Å². The molecule has 0 bridgehead atoms. The van der Waals surface area contributed by atoms with Gasteiger partial charge in [-0.15, -0.1) is 0 Å². The fourth-order valence-electron chi connectivity index (χ4n) is 2.12. The van der Waals surface area contributed by atoms with Gasteiger partial charge in [0.05, 0.1) is 13.7 Å². The minimum absolute atomic E-state index is 0.289. The zero-order chi connectivity index (χ0) is 17.8. The van der Waals surface area contributed by atoms with Crippen molar-refractivity contribution in [3.8, 4) is 5.75 Å². The van der Waals surface area contributed by atoms with Crippen LogP contribution in [0, 0.1) is 17.5 Å². The van der Waals surface area contributed by atoms with Crippen LogP contribution in [-0.2, 0) is 6.54 Å². The number of hydrogen-bond donors (Lipinski definition) is 0. The largest absolute Gasteiger partial charge is 0.497 e. The van der Waals surface area contributed by atoms with E-state index in [4.69, 9.17) is 9.26 Å². The van der Waals surface area contributed by atoms with E-state index in [1.807, 2.05) is 12.1 Å². The molecule has 1 aromatic heterocycles. The van der Waals surface area contributed by atoms with E-state index in [-0.39, 0.29) is 11.4 Å². The summed E-state index contributed by atoms with van der Waals surface area (Å²) in [6.07, 6.45) is 1.36. The molecule has 0 spiro atoms. The third kappa shape index (κ3) is 4.08. The average molecular weight is 366 g/mol. The fraction of sp³-hybridized carbons (Fsp3) is 0.118. The lowest BCUT2D eigenvalue weighted by Crippen LogP contribution is -2.15. The topological polar surface area (TPSA) is 38.5 Å². The Morgan fingerprint density at radius 1 is 1.08 bits per heavy atom. The predicted molar refractivity (Wildman–Crippen MR) is 87.9 cm³/mol. The number of nitrogens with zero attached hydrogens (tertiary/aromatic N) is 2. The van der Waals surface area contributed by atoms with Crippen LogP contribution in [0.15, 0.2) is 58.1 Å². The molecule has 0 aliphatic heterocycles. The summed E-state index contributed by atoms with van der Waals surface area (Å²) in [4.78, 5) is -0.321. The lowest BCUT2D eigenvalue weighted by atomic mass is 10.2. The molecule has 0 aliphatic carbocycles. The lowest BCUT2D eigenvalue weighted by Gasteiger charge is -2.21. The molecule has 0 unspecified atom stereocenters. The van der Waals surface area contributed by atoms with Crippen molar-refractivity contribution in [3.63, 3.8) is 0 Å². The van der Waals surface area contributed by atoms with Crippen LogP contribution in [0.3, 0.4) is 0 Å². The molecular weight excluding hydrogens is 353 g/mol. The Morgan fingerprint density at radius 2 is 1.76 bits per heavy atom. The zero-order valence-corrected chi connectivity index (χ0v) is 13.9. The van der Waals surface area contributed by atoms with Crippen LogP contribution in [0.5, 0.6) is 5.75 Å². The van der Waals surface area contributed by atoms with Crippen LogP contribution >= 0.6 is 11.9 Å². The molecule has 1 heterocycles. The highest BCUT2D eigenvalue weighted by Gasteiger charge is 2.19. The second-order valence-electron chi connectivity index (χ2n) is 5.03. The first-order valence-electron chi connectivity index (χ1n) is 7.20. The number of rotatable bonds is 6. The number of halogens is 3. The number of hydrogen-bond acceptors (Lipinski definition) is 5. The molecule has 0 radical (unpaired) electrons. The summed E-state index contributed by atoms with van der Waals surface area (Å²) < 4.78 is 52.5. The molecule has 4 nitrogen and oxygen atoms in total. The highest BCUT2D eigenvalue weighted by molar-refractivity contribution is 8.00. The average Bonchev–Trinajstić information content (AvgIpc) is 3.12. The van der Waals surface area contributed by atoms with Crippen LogP contribution in [0.1, 0.15) is 5.56 Å². The highest BCUT2D eigenvalue weighted by Crippen LogP contribution is 2.33. The van der Waals surface area contributed by atoms with E-state index in [2.05, 4.69) is 5.16 Å². The van der Waals surface area contributed by atoms with Gasteiger partial charge in [0.1, 0.15) is 34.4 Å².